The quantitative estimate of drug-likeness (QED) is 0.603. The van der Waals surface area contributed by atoms with E-state index in [1.807, 2.05) is 51.9 Å². The fraction of sp³-hybridized carbons (Fsp3) is 0.423. The number of nitrogens with one attached hydrogen (secondary N) is 1. The van der Waals surface area contributed by atoms with Gasteiger partial charge < -0.3 is 19.4 Å². The van der Waals surface area contributed by atoms with Crippen molar-refractivity contribution < 1.29 is 14.3 Å². The average Bonchev–Trinajstić information content (AvgIpc) is 3.15. The minimum absolute atomic E-state index is 0.0730. The fourth-order valence-electron chi connectivity index (χ4n) is 4.37. The summed E-state index contributed by atoms with van der Waals surface area (Å²) < 4.78 is 7.82. The van der Waals surface area contributed by atoms with Crippen molar-refractivity contribution in [2.75, 3.05) is 26.3 Å². The van der Waals surface area contributed by atoms with E-state index in [-0.39, 0.29) is 17.7 Å². The van der Waals surface area contributed by atoms with E-state index in [1.165, 1.54) is 5.56 Å². The molecule has 1 fully saturated rings. The molecule has 2 aromatic heterocycles. The summed E-state index contributed by atoms with van der Waals surface area (Å²) in [5.41, 5.74) is 2.23. The van der Waals surface area contributed by atoms with Crippen molar-refractivity contribution >= 4 is 17.5 Å². The van der Waals surface area contributed by atoms with E-state index >= 15 is 0 Å². The van der Waals surface area contributed by atoms with E-state index in [1.54, 1.807) is 20.0 Å². The lowest BCUT2D eigenvalue weighted by Gasteiger charge is -2.33. The van der Waals surface area contributed by atoms with Gasteiger partial charge in [-0.1, -0.05) is 36.4 Å². The molecule has 1 aromatic carbocycles. The van der Waals surface area contributed by atoms with Gasteiger partial charge >= 0.3 is 0 Å². The molecule has 174 valence electrons. The Bertz CT molecular complexity index is 1090. The highest BCUT2D eigenvalue weighted by Crippen LogP contribution is 2.18. The van der Waals surface area contributed by atoms with Gasteiger partial charge in [0.15, 0.2) is 0 Å². The number of aromatic nitrogens is 2. The minimum Gasteiger partial charge on any atom is -0.379 e. The van der Waals surface area contributed by atoms with Crippen LogP contribution in [0.25, 0.3) is 5.65 Å². The highest BCUT2D eigenvalue weighted by molar-refractivity contribution is 5.90. The van der Waals surface area contributed by atoms with Gasteiger partial charge in [0.1, 0.15) is 11.2 Å². The van der Waals surface area contributed by atoms with Crippen LogP contribution in [0.4, 0.5) is 0 Å². The Morgan fingerprint density at radius 3 is 2.79 bits per heavy atom. The van der Waals surface area contributed by atoms with Gasteiger partial charge in [0.25, 0.3) is 0 Å². The molecule has 4 rings (SSSR count). The molecule has 0 unspecified atom stereocenters. The normalized spacial score (nSPS) is 17.0. The minimum atomic E-state index is -0.974. The van der Waals surface area contributed by atoms with E-state index in [9.17, 15) is 9.59 Å². The number of nitrogens with zero attached hydrogens (tertiary/aromatic N) is 3. The van der Waals surface area contributed by atoms with Crippen molar-refractivity contribution in [2.24, 2.45) is 5.92 Å². The summed E-state index contributed by atoms with van der Waals surface area (Å²) in [5.74, 6) is -0.00779. The zero-order chi connectivity index (χ0) is 23.3. The maximum atomic E-state index is 13.4. The largest absolute Gasteiger partial charge is 0.379 e. The SMILES string of the molecule is CC(C)(NC(=O)CCc1ccccc1)C(=O)N1CCOC[C@H](Cc2ccc3nccn3c2)C1. The predicted molar refractivity (Wildman–Crippen MR) is 127 cm³/mol. The molecule has 3 heterocycles. The van der Waals surface area contributed by atoms with Gasteiger partial charge in [0, 0.05) is 44.0 Å². The second-order valence-corrected chi connectivity index (χ2v) is 9.29. The number of benzene rings is 1. The standard InChI is InChI=1S/C26H32N4O3/c1-26(2,28-24(31)11-9-20-6-4-3-5-7-20)25(32)30-14-15-33-19-22(18-30)16-21-8-10-23-27-12-13-29(23)17-21/h3-8,10,12-13,17,22H,9,11,14-16,18-19H2,1-2H3,(H,28,31)/t22-/m1/s1. The van der Waals surface area contributed by atoms with Crippen LogP contribution in [0.15, 0.2) is 61.1 Å². The molecule has 7 heteroatoms. The van der Waals surface area contributed by atoms with Crippen LogP contribution in [0.5, 0.6) is 0 Å². The van der Waals surface area contributed by atoms with Gasteiger partial charge in [-0.3, -0.25) is 9.59 Å². The maximum Gasteiger partial charge on any atom is 0.247 e. The van der Waals surface area contributed by atoms with Crippen molar-refractivity contribution in [3.63, 3.8) is 0 Å². The number of carbonyl (C=O) groups excluding carboxylic acids is 2. The summed E-state index contributed by atoms with van der Waals surface area (Å²) in [5, 5.41) is 2.94. The Kier molecular flexibility index (Phi) is 7.08. The zero-order valence-corrected chi connectivity index (χ0v) is 19.4. The first kappa shape index (κ1) is 23.0. The topological polar surface area (TPSA) is 75.9 Å². The van der Waals surface area contributed by atoms with Gasteiger partial charge in [0.2, 0.25) is 11.8 Å². The molecule has 33 heavy (non-hydrogen) atoms. The summed E-state index contributed by atoms with van der Waals surface area (Å²) in [6.45, 7) is 5.80. The number of amides is 2. The van der Waals surface area contributed by atoms with E-state index in [2.05, 4.69) is 22.6 Å². The number of fused-ring (bicyclic) bond motifs is 1. The number of hydrogen-bond acceptors (Lipinski definition) is 4. The summed E-state index contributed by atoms with van der Waals surface area (Å²) in [6, 6.07) is 14.0. The van der Waals surface area contributed by atoms with Crippen molar-refractivity contribution in [3.8, 4) is 0 Å². The molecular weight excluding hydrogens is 416 g/mol. The Balaban J connectivity index is 1.35. The molecule has 1 aliphatic heterocycles. The first-order valence-electron chi connectivity index (χ1n) is 11.5. The van der Waals surface area contributed by atoms with Crippen LogP contribution in [-0.4, -0.2) is 57.9 Å². The fourth-order valence-corrected chi connectivity index (χ4v) is 4.37. The maximum absolute atomic E-state index is 13.4. The molecule has 3 aromatic rings. The zero-order valence-electron chi connectivity index (χ0n) is 19.4. The molecule has 2 amide bonds. The first-order valence-corrected chi connectivity index (χ1v) is 11.5. The van der Waals surface area contributed by atoms with Gasteiger partial charge in [-0.15, -0.1) is 0 Å². The number of carbonyl (C=O) groups is 2. The average molecular weight is 449 g/mol. The van der Waals surface area contributed by atoms with E-state index in [0.717, 1.165) is 17.6 Å². The van der Waals surface area contributed by atoms with Gasteiger partial charge in [-0.2, -0.15) is 0 Å². The smallest absolute Gasteiger partial charge is 0.247 e. The summed E-state index contributed by atoms with van der Waals surface area (Å²) in [6.07, 6.45) is 7.60. The van der Waals surface area contributed by atoms with Crippen molar-refractivity contribution in [3.05, 3.63) is 72.2 Å². The molecule has 0 radical (unpaired) electrons. The van der Waals surface area contributed by atoms with E-state index in [0.29, 0.717) is 39.1 Å². The number of imidazole rings is 1. The Morgan fingerprint density at radius 1 is 1.15 bits per heavy atom. The highest BCUT2D eigenvalue weighted by Gasteiger charge is 2.35. The number of aryl methyl sites for hydroxylation is 1. The second kappa shape index (κ2) is 10.2. The predicted octanol–water partition coefficient (Wildman–Crippen LogP) is 2.88. The lowest BCUT2D eigenvalue weighted by molar-refractivity contribution is -0.140. The second-order valence-electron chi connectivity index (χ2n) is 9.29. The van der Waals surface area contributed by atoms with Crippen LogP contribution in [-0.2, 0) is 27.2 Å². The Labute approximate surface area is 194 Å². The number of ether oxygens (including phenoxy) is 1. The number of rotatable bonds is 7. The lowest BCUT2D eigenvalue weighted by atomic mass is 9.98. The Hall–Kier alpha value is -3.19. The molecular formula is C26H32N4O3. The van der Waals surface area contributed by atoms with Crippen molar-refractivity contribution in [1.29, 1.82) is 0 Å². The lowest BCUT2D eigenvalue weighted by Crippen LogP contribution is -2.57. The third-order valence-corrected chi connectivity index (χ3v) is 6.07. The summed E-state index contributed by atoms with van der Waals surface area (Å²) in [7, 11) is 0. The van der Waals surface area contributed by atoms with Gasteiger partial charge in [-0.05, 0) is 43.9 Å². The van der Waals surface area contributed by atoms with Gasteiger partial charge in [0.05, 0.1) is 13.2 Å². The van der Waals surface area contributed by atoms with Gasteiger partial charge in [-0.25, -0.2) is 4.98 Å². The molecule has 0 spiro atoms. The van der Waals surface area contributed by atoms with Crippen LogP contribution in [0.2, 0.25) is 0 Å². The molecule has 1 aliphatic rings. The summed E-state index contributed by atoms with van der Waals surface area (Å²) in [4.78, 5) is 32.1. The third-order valence-electron chi connectivity index (χ3n) is 6.07. The molecule has 1 saturated heterocycles. The van der Waals surface area contributed by atoms with E-state index in [4.69, 9.17) is 4.74 Å². The van der Waals surface area contributed by atoms with Crippen LogP contribution in [0.1, 0.15) is 31.4 Å². The number of pyridine rings is 1. The molecule has 0 bridgehead atoms. The number of hydrogen-bond donors (Lipinski definition) is 1. The van der Waals surface area contributed by atoms with Crippen LogP contribution < -0.4 is 5.32 Å². The molecule has 1 N–H and O–H groups in total. The van der Waals surface area contributed by atoms with Crippen molar-refractivity contribution in [2.45, 2.75) is 38.6 Å². The summed E-state index contributed by atoms with van der Waals surface area (Å²) >= 11 is 0. The van der Waals surface area contributed by atoms with Crippen LogP contribution in [0.3, 0.4) is 0 Å². The third kappa shape index (κ3) is 5.99. The van der Waals surface area contributed by atoms with Crippen molar-refractivity contribution in [1.82, 2.24) is 19.6 Å². The molecule has 1 atom stereocenters. The van der Waals surface area contributed by atoms with Crippen LogP contribution >= 0.6 is 0 Å². The Morgan fingerprint density at radius 2 is 1.97 bits per heavy atom. The first-order chi connectivity index (χ1) is 15.9. The van der Waals surface area contributed by atoms with E-state index < -0.39 is 5.54 Å². The van der Waals surface area contributed by atoms with Crippen LogP contribution in [0, 0.1) is 5.92 Å². The molecule has 0 aliphatic carbocycles. The molecule has 7 nitrogen and oxygen atoms in total. The molecule has 0 saturated carbocycles. The highest BCUT2D eigenvalue weighted by atomic mass is 16.5. The monoisotopic (exact) mass is 448 g/mol.